The summed E-state index contributed by atoms with van der Waals surface area (Å²) >= 11 is 1.57. The standard InChI is InChI=1S/C10H14O3S/c1-10(2,9(11)12)7-14-6-8-4-3-5-13-8/h3-5H,6-7H2,1-2H3,(H,11,12). The van der Waals surface area contributed by atoms with Crippen LogP contribution in [0.3, 0.4) is 0 Å². The van der Waals surface area contributed by atoms with Gasteiger partial charge in [-0.25, -0.2) is 0 Å². The molecule has 0 amide bonds. The number of carboxylic acid groups (broad SMARTS) is 1. The highest BCUT2D eigenvalue weighted by molar-refractivity contribution is 7.98. The highest BCUT2D eigenvalue weighted by Gasteiger charge is 2.26. The monoisotopic (exact) mass is 214 g/mol. The van der Waals surface area contributed by atoms with E-state index in [1.54, 1.807) is 31.9 Å². The van der Waals surface area contributed by atoms with E-state index in [1.807, 2.05) is 12.1 Å². The first-order valence-electron chi connectivity index (χ1n) is 4.36. The summed E-state index contributed by atoms with van der Waals surface area (Å²) in [6, 6.07) is 3.72. The van der Waals surface area contributed by atoms with E-state index in [9.17, 15) is 4.79 Å². The van der Waals surface area contributed by atoms with Gasteiger partial charge in [-0.05, 0) is 26.0 Å². The number of aliphatic carboxylic acids is 1. The normalized spacial score (nSPS) is 11.6. The predicted octanol–water partition coefficient (Wildman–Crippen LogP) is 2.62. The van der Waals surface area contributed by atoms with Crippen molar-refractivity contribution in [2.75, 3.05) is 5.75 Å². The molecule has 0 aliphatic heterocycles. The first-order valence-corrected chi connectivity index (χ1v) is 5.51. The minimum absolute atomic E-state index is 0.586. The molecule has 0 unspecified atom stereocenters. The highest BCUT2D eigenvalue weighted by Crippen LogP contribution is 2.24. The third-order valence-corrected chi connectivity index (χ3v) is 3.28. The zero-order chi connectivity index (χ0) is 10.6. The molecule has 4 heteroatoms. The second-order valence-electron chi connectivity index (χ2n) is 3.76. The van der Waals surface area contributed by atoms with Gasteiger partial charge in [0.05, 0.1) is 17.4 Å². The maximum absolute atomic E-state index is 10.8. The summed E-state index contributed by atoms with van der Waals surface area (Å²) in [5, 5.41) is 8.86. The molecule has 0 fully saturated rings. The molecular formula is C10H14O3S. The van der Waals surface area contributed by atoms with Gasteiger partial charge in [0, 0.05) is 5.75 Å². The molecule has 78 valence electrons. The molecular weight excluding hydrogens is 200 g/mol. The average Bonchev–Trinajstić information content (AvgIpc) is 2.56. The molecule has 0 bridgehead atoms. The van der Waals surface area contributed by atoms with Gasteiger partial charge in [-0.1, -0.05) is 0 Å². The maximum Gasteiger partial charge on any atom is 0.309 e. The number of thioether (sulfide) groups is 1. The second-order valence-corrected chi connectivity index (χ2v) is 4.75. The summed E-state index contributed by atoms with van der Waals surface area (Å²) in [5.74, 6) is 1.44. The smallest absolute Gasteiger partial charge is 0.309 e. The van der Waals surface area contributed by atoms with Gasteiger partial charge in [-0.15, -0.1) is 0 Å². The van der Waals surface area contributed by atoms with Crippen molar-refractivity contribution in [1.82, 2.24) is 0 Å². The Morgan fingerprint density at radius 1 is 1.64 bits per heavy atom. The van der Waals surface area contributed by atoms with Gasteiger partial charge in [0.15, 0.2) is 0 Å². The summed E-state index contributed by atoms with van der Waals surface area (Å²) in [4.78, 5) is 10.8. The van der Waals surface area contributed by atoms with Crippen molar-refractivity contribution < 1.29 is 14.3 Å². The van der Waals surface area contributed by atoms with Crippen LogP contribution in [-0.2, 0) is 10.5 Å². The zero-order valence-corrected chi connectivity index (χ0v) is 9.13. The number of furan rings is 1. The van der Waals surface area contributed by atoms with Gasteiger partial charge in [0.1, 0.15) is 5.76 Å². The fourth-order valence-electron chi connectivity index (χ4n) is 0.863. The number of carbonyl (C=O) groups is 1. The maximum atomic E-state index is 10.8. The Bertz CT molecular complexity index is 290. The van der Waals surface area contributed by atoms with Crippen molar-refractivity contribution in [3.8, 4) is 0 Å². The molecule has 0 radical (unpaired) electrons. The van der Waals surface area contributed by atoms with Crippen LogP contribution in [0.1, 0.15) is 19.6 Å². The number of carboxylic acids is 1. The lowest BCUT2D eigenvalue weighted by Crippen LogP contribution is -2.26. The molecule has 1 rings (SSSR count). The fraction of sp³-hybridized carbons (Fsp3) is 0.500. The Kier molecular flexibility index (Phi) is 3.63. The molecule has 1 heterocycles. The average molecular weight is 214 g/mol. The first-order chi connectivity index (χ1) is 6.52. The van der Waals surface area contributed by atoms with Crippen LogP contribution in [0.15, 0.2) is 22.8 Å². The summed E-state index contributed by atoms with van der Waals surface area (Å²) in [5.41, 5.74) is -0.669. The van der Waals surface area contributed by atoms with Crippen molar-refractivity contribution in [2.24, 2.45) is 5.41 Å². The van der Waals surface area contributed by atoms with Crippen LogP contribution in [0.4, 0.5) is 0 Å². The van der Waals surface area contributed by atoms with E-state index < -0.39 is 11.4 Å². The quantitative estimate of drug-likeness (QED) is 0.818. The molecule has 1 aromatic rings. The molecule has 0 aliphatic rings. The van der Waals surface area contributed by atoms with E-state index in [4.69, 9.17) is 9.52 Å². The molecule has 0 aliphatic carbocycles. The summed E-state index contributed by atoms with van der Waals surface area (Å²) in [6.45, 7) is 3.45. The molecule has 3 nitrogen and oxygen atoms in total. The van der Waals surface area contributed by atoms with E-state index in [2.05, 4.69) is 0 Å². The first kappa shape index (κ1) is 11.2. The lowest BCUT2D eigenvalue weighted by molar-refractivity contribution is -0.145. The topological polar surface area (TPSA) is 50.4 Å². The number of hydrogen-bond acceptors (Lipinski definition) is 3. The summed E-state index contributed by atoms with van der Waals surface area (Å²) < 4.78 is 5.14. The van der Waals surface area contributed by atoms with Crippen LogP contribution in [0.25, 0.3) is 0 Å². The van der Waals surface area contributed by atoms with Crippen molar-refractivity contribution in [3.05, 3.63) is 24.2 Å². The number of rotatable bonds is 5. The minimum atomic E-state index is -0.760. The van der Waals surface area contributed by atoms with Gasteiger partial charge >= 0.3 is 5.97 Å². The van der Waals surface area contributed by atoms with Crippen LogP contribution >= 0.6 is 11.8 Å². The molecule has 0 saturated heterocycles. The zero-order valence-electron chi connectivity index (χ0n) is 8.32. The molecule has 0 aromatic carbocycles. The number of hydrogen-bond donors (Lipinski definition) is 1. The van der Waals surface area contributed by atoms with Gasteiger partial charge in [-0.3, -0.25) is 4.79 Å². The summed E-state index contributed by atoms with van der Waals surface area (Å²) in [6.07, 6.45) is 1.62. The van der Waals surface area contributed by atoms with E-state index in [0.29, 0.717) is 5.75 Å². The van der Waals surface area contributed by atoms with Crippen molar-refractivity contribution in [2.45, 2.75) is 19.6 Å². The largest absolute Gasteiger partial charge is 0.481 e. The van der Waals surface area contributed by atoms with Crippen LogP contribution < -0.4 is 0 Å². The molecule has 0 saturated carbocycles. The van der Waals surface area contributed by atoms with Gasteiger partial charge < -0.3 is 9.52 Å². The predicted molar refractivity (Wildman–Crippen MR) is 56.3 cm³/mol. The van der Waals surface area contributed by atoms with Crippen LogP contribution in [0.5, 0.6) is 0 Å². The molecule has 1 aromatic heterocycles. The second kappa shape index (κ2) is 4.55. The summed E-state index contributed by atoms with van der Waals surface area (Å²) in [7, 11) is 0. The highest BCUT2D eigenvalue weighted by atomic mass is 32.2. The Labute approximate surface area is 87.5 Å². The Morgan fingerprint density at radius 2 is 2.36 bits per heavy atom. The SMILES string of the molecule is CC(C)(CSCc1ccco1)C(=O)O. The van der Waals surface area contributed by atoms with Gasteiger partial charge in [-0.2, -0.15) is 11.8 Å². The molecule has 0 spiro atoms. The third-order valence-electron chi connectivity index (χ3n) is 1.87. The van der Waals surface area contributed by atoms with Crippen LogP contribution in [0, 0.1) is 5.41 Å². The van der Waals surface area contributed by atoms with Gasteiger partial charge in [0.25, 0.3) is 0 Å². The lowest BCUT2D eigenvalue weighted by atomic mass is 9.97. The van der Waals surface area contributed by atoms with Gasteiger partial charge in [0.2, 0.25) is 0 Å². The van der Waals surface area contributed by atoms with Crippen molar-refractivity contribution in [1.29, 1.82) is 0 Å². The van der Waals surface area contributed by atoms with Crippen molar-refractivity contribution in [3.63, 3.8) is 0 Å². The van der Waals surface area contributed by atoms with E-state index in [1.165, 1.54) is 0 Å². The third kappa shape index (κ3) is 3.10. The van der Waals surface area contributed by atoms with Crippen LogP contribution in [-0.4, -0.2) is 16.8 Å². The molecule has 1 N–H and O–H groups in total. The van der Waals surface area contributed by atoms with E-state index >= 15 is 0 Å². The molecule has 0 atom stereocenters. The fourth-order valence-corrected chi connectivity index (χ4v) is 1.96. The van der Waals surface area contributed by atoms with Crippen molar-refractivity contribution >= 4 is 17.7 Å². The Hall–Kier alpha value is -0.900. The van der Waals surface area contributed by atoms with E-state index in [-0.39, 0.29) is 0 Å². The van der Waals surface area contributed by atoms with E-state index in [0.717, 1.165) is 11.5 Å². The minimum Gasteiger partial charge on any atom is -0.481 e. The lowest BCUT2D eigenvalue weighted by Gasteiger charge is -2.17. The molecule has 14 heavy (non-hydrogen) atoms. The van der Waals surface area contributed by atoms with Crippen LogP contribution in [0.2, 0.25) is 0 Å². The Balaban J connectivity index is 2.31. The Morgan fingerprint density at radius 3 is 2.86 bits per heavy atom.